The largest absolute Gasteiger partial charge is 0.494 e. The molecule has 0 radical (unpaired) electrons. The van der Waals surface area contributed by atoms with Gasteiger partial charge in [0.25, 0.3) is 5.91 Å². The molecule has 0 bridgehead atoms. The number of amides is 1. The summed E-state index contributed by atoms with van der Waals surface area (Å²) in [6, 6.07) is 22.0. The average Bonchev–Trinajstić information content (AvgIpc) is 3.08. The van der Waals surface area contributed by atoms with Crippen molar-refractivity contribution >= 4 is 32.8 Å². The van der Waals surface area contributed by atoms with Crippen LogP contribution in [-0.4, -0.2) is 17.4 Å². The Bertz CT molecular complexity index is 1360. The van der Waals surface area contributed by atoms with Crippen LogP contribution in [0.1, 0.15) is 40.2 Å². The second-order valence-electron chi connectivity index (χ2n) is 7.64. The lowest BCUT2D eigenvalue weighted by atomic mass is 9.98. The molecule has 1 aromatic heterocycles. The van der Waals surface area contributed by atoms with Gasteiger partial charge < -0.3 is 14.1 Å². The minimum absolute atomic E-state index is 0.111. The van der Waals surface area contributed by atoms with Crippen LogP contribution in [0.3, 0.4) is 0 Å². The zero-order chi connectivity index (χ0) is 22.2. The predicted molar refractivity (Wildman–Crippen MR) is 126 cm³/mol. The van der Waals surface area contributed by atoms with Crippen LogP contribution < -0.4 is 10.2 Å². The van der Waals surface area contributed by atoms with Crippen molar-refractivity contribution in [2.24, 2.45) is 0 Å². The number of nitrogens with zero attached hydrogens (tertiary/aromatic N) is 1. The highest BCUT2D eigenvalue weighted by Crippen LogP contribution is 2.39. The van der Waals surface area contributed by atoms with Gasteiger partial charge in [-0.3, -0.25) is 9.59 Å². The first-order valence-corrected chi connectivity index (χ1v) is 11.2. The van der Waals surface area contributed by atoms with E-state index >= 15 is 0 Å². The van der Waals surface area contributed by atoms with Crippen molar-refractivity contribution in [3.8, 4) is 5.75 Å². The quantitative estimate of drug-likeness (QED) is 0.360. The summed E-state index contributed by atoms with van der Waals surface area (Å²) in [7, 11) is 0. The number of fused-ring (bicyclic) bond motifs is 2. The summed E-state index contributed by atoms with van der Waals surface area (Å²) >= 11 is 3.43. The topological polar surface area (TPSA) is 59.8 Å². The van der Waals surface area contributed by atoms with E-state index in [1.165, 1.54) is 0 Å². The maximum absolute atomic E-state index is 13.6. The van der Waals surface area contributed by atoms with Gasteiger partial charge in [0.05, 0.1) is 23.6 Å². The number of carbonyl (C=O) groups excluding carboxylic acids is 1. The minimum Gasteiger partial charge on any atom is -0.494 e. The van der Waals surface area contributed by atoms with E-state index in [9.17, 15) is 9.59 Å². The number of hydrogen-bond donors (Lipinski definition) is 0. The van der Waals surface area contributed by atoms with Crippen LogP contribution >= 0.6 is 15.9 Å². The molecule has 32 heavy (non-hydrogen) atoms. The fraction of sp³-hybridized carbons (Fsp3) is 0.154. The molecule has 0 fully saturated rings. The third-order valence-electron chi connectivity index (χ3n) is 5.63. The molecule has 0 spiro atoms. The van der Waals surface area contributed by atoms with Gasteiger partial charge in [-0.15, -0.1) is 0 Å². The molecule has 0 saturated carbocycles. The summed E-state index contributed by atoms with van der Waals surface area (Å²) < 4.78 is 12.3. The van der Waals surface area contributed by atoms with Crippen molar-refractivity contribution in [1.82, 2.24) is 4.90 Å². The Balaban J connectivity index is 1.69. The van der Waals surface area contributed by atoms with Gasteiger partial charge >= 0.3 is 0 Å². The molecule has 5 nitrogen and oxygen atoms in total. The van der Waals surface area contributed by atoms with E-state index in [4.69, 9.17) is 9.15 Å². The molecule has 2 heterocycles. The molecule has 1 amide bonds. The van der Waals surface area contributed by atoms with Gasteiger partial charge in [-0.1, -0.05) is 58.4 Å². The molecule has 160 valence electrons. The van der Waals surface area contributed by atoms with Crippen molar-refractivity contribution in [3.05, 3.63) is 110 Å². The van der Waals surface area contributed by atoms with Crippen LogP contribution in [0, 0.1) is 0 Å². The maximum atomic E-state index is 13.6. The van der Waals surface area contributed by atoms with E-state index in [1.54, 1.807) is 23.1 Å². The van der Waals surface area contributed by atoms with Crippen LogP contribution in [0.2, 0.25) is 0 Å². The lowest BCUT2D eigenvalue weighted by molar-refractivity contribution is 0.0714. The zero-order valence-corrected chi connectivity index (χ0v) is 19.0. The molecule has 6 heteroatoms. The minimum atomic E-state index is -0.548. The van der Waals surface area contributed by atoms with E-state index in [0.29, 0.717) is 29.7 Å². The molecular weight excluding hydrogens is 470 g/mol. The Morgan fingerprint density at radius 3 is 2.47 bits per heavy atom. The van der Waals surface area contributed by atoms with Gasteiger partial charge in [0.1, 0.15) is 11.3 Å². The van der Waals surface area contributed by atoms with Gasteiger partial charge in [0.15, 0.2) is 5.43 Å². The normalized spacial score (nSPS) is 15.2. The summed E-state index contributed by atoms with van der Waals surface area (Å²) in [6.45, 7) is 2.85. The molecule has 1 aliphatic rings. The molecule has 3 aromatic carbocycles. The summed E-state index contributed by atoms with van der Waals surface area (Å²) in [4.78, 5) is 28.8. The molecule has 5 rings (SSSR count). The van der Waals surface area contributed by atoms with Crippen molar-refractivity contribution in [3.63, 3.8) is 0 Å². The van der Waals surface area contributed by atoms with Crippen LogP contribution in [0.5, 0.6) is 5.75 Å². The fourth-order valence-corrected chi connectivity index (χ4v) is 4.56. The van der Waals surface area contributed by atoms with Gasteiger partial charge in [0.2, 0.25) is 5.76 Å². The van der Waals surface area contributed by atoms with Crippen LogP contribution in [-0.2, 0) is 6.54 Å². The van der Waals surface area contributed by atoms with Crippen LogP contribution in [0.25, 0.3) is 11.0 Å². The molecule has 0 saturated heterocycles. The highest BCUT2D eigenvalue weighted by molar-refractivity contribution is 9.10. The first kappa shape index (κ1) is 20.5. The Kier molecular flexibility index (Phi) is 5.31. The van der Waals surface area contributed by atoms with E-state index in [1.807, 2.05) is 61.5 Å². The number of carbonyl (C=O) groups is 1. The number of rotatable bonds is 5. The van der Waals surface area contributed by atoms with Crippen molar-refractivity contribution in [1.29, 1.82) is 0 Å². The summed E-state index contributed by atoms with van der Waals surface area (Å²) in [5, 5.41) is 0.448. The Hall–Kier alpha value is -3.38. The number of ether oxygens (including phenoxy) is 1. The van der Waals surface area contributed by atoms with Gasteiger partial charge in [-0.2, -0.15) is 0 Å². The maximum Gasteiger partial charge on any atom is 0.291 e. The first-order valence-electron chi connectivity index (χ1n) is 10.4. The number of benzene rings is 3. The van der Waals surface area contributed by atoms with Gasteiger partial charge in [0, 0.05) is 11.0 Å². The lowest BCUT2D eigenvalue weighted by Gasteiger charge is -2.25. The Morgan fingerprint density at radius 2 is 1.75 bits per heavy atom. The summed E-state index contributed by atoms with van der Waals surface area (Å²) in [6.07, 6.45) is 0. The highest BCUT2D eigenvalue weighted by atomic mass is 79.9. The summed E-state index contributed by atoms with van der Waals surface area (Å²) in [5.74, 6) is 0.564. The SMILES string of the molecule is CCOc1ccc(C2c3c(oc4ccc(Br)cc4c3=O)C(=O)N2Cc2ccccc2)cc1. The molecule has 0 aliphatic carbocycles. The van der Waals surface area contributed by atoms with Gasteiger partial charge in [-0.05, 0) is 48.4 Å². The molecule has 0 N–H and O–H groups in total. The smallest absolute Gasteiger partial charge is 0.291 e. The second kappa shape index (κ2) is 8.28. The average molecular weight is 490 g/mol. The lowest BCUT2D eigenvalue weighted by Crippen LogP contribution is -2.29. The predicted octanol–water partition coefficient (Wildman–Crippen LogP) is 5.70. The molecular formula is C26H20BrNO4. The highest BCUT2D eigenvalue weighted by Gasteiger charge is 2.42. The molecule has 1 unspecified atom stereocenters. The Labute approximate surface area is 193 Å². The van der Waals surface area contributed by atoms with Crippen molar-refractivity contribution in [2.75, 3.05) is 6.61 Å². The van der Waals surface area contributed by atoms with E-state index in [-0.39, 0.29) is 17.1 Å². The van der Waals surface area contributed by atoms with Gasteiger partial charge in [-0.25, -0.2) is 0 Å². The third-order valence-corrected chi connectivity index (χ3v) is 6.12. The molecule has 4 aromatic rings. The third kappa shape index (κ3) is 3.50. The van der Waals surface area contributed by atoms with E-state index in [0.717, 1.165) is 21.3 Å². The first-order chi connectivity index (χ1) is 15.6. The fourth-order valence-electron chi connectivity index (χ4n) is 4.20. The van der Waals surface area contributed by atoms with Crippen molar-refractivity contribution < 1.29 is 13.9 Å². The van der Waals surface area contributed by atoms with Crippen molar-refractivity contribution in [2.45, 2.75) is 19.5 Å². The number of halogens is 1. The Morgan fingerprint density at radius 1 is 1.00 bits per heavy atom. The summed E-state index contributed by atoms with van der Waals surface area (Å²) in [5.41, 5.74) is 2.39. The molecule has 1 atom stereocenters. The standard InChI is InChI=1S/C26H20BrNO4/c1-2-31-19-11-8-17(9-12-19)23-22-24(29)20-14-18(27)10-13-21(20)32-25(22)26(30)28(23)15-16-6-4-3-5-7-16/h3-14,23H,2,15H2,1H3. The monoisotopic (exact) mass is 489 g/mol. The van der Waals surface area contributed by atoms with Crippen LogP contribution in [0.4, 0.5) is 0 Å². The zero-order valence-electron chi connectivity index (χ0n) is 17.4. The van der Waals surface area contributed by atoms with E-state index in [2.05, 4.69) is 15.9 Å². The molecule has 1 aliphatic heterocycles. The van der Waals surface area contributed by atoms with Crippen LogP contribution in [0.15, 0.2) is 86.5 Å². The second-order valence-corrected chi connectivity index (χ2v) is 8.55. The van der Waals surface area contributed by atoms with E-state index < -0.39 is 6.04 Å². The number of hydrogen-bond acceptors (Lipinski definition) is 4.